The molecule has 0 aliphatic heterocycles. The van der Waals surface area contributed by atoms with Crippen LogP contribution in [0.5, 0.6) is 0 Å². The van der Waals surface area contributed by atoms with Crippen molar-refractivity contribution >= 4 is 0 Å². The molecule has 1 nitrogen and oxygen atoms in total. The zero-order chi connectivity index (χ0) is 12.9. The van der Waals surface area contributed by atoms with Gasteiger partial charge in [0.25, 0.3) is 0 Å². The van der Waals surface area contributed by atoms with Crippen LogP contribution in [0.15, 0.2) is 36.9 Å². The number of rotatable bonds is 5. The van der Waals surface area contributed by atoms with Crippen LogP contribution in [-0.2, 0) is 6.18 Å². The van der Waals surface area contributed by atoms with E-state index in [9.17, 15) is 18.3 Å². The average Bonchev–Trinajstić information content (AvgIpc) is 2.28. The van der Waals surface area contributed by atoms with Gasteiger partial charge >= 0.3 is 6.18 Å². The van der Waals surface area contributed by atoms with E-state index < -0.39 is 17.8 Å². The van der Waals surface area contributed by atoms with Crippen LogP contribution in [-0.4, -0.2) is 5.11 Å². The van der Waals surface area contributed by atoms with E-state index in [1.54, 1.807) is 6.08 Å². The van der Waals surface area contributed by atoms with Gasteiger partial charge in [0.2, 0.25) is 0 Å². The lowest BCUT2D eigenvalue weighted by atomic mass is 10.0. The van der Waals surface area contributed by atoms with Crippen molar-refractivity contribution in [3.63, 3.8) is 0 Å². The molecule has 0 radical (unpaired) electrons. The first kappa shape index (κ1) is 13.8. The summed E-state index contributed by atoms with van der Waals surface area (Å²) in [6, 6.07) is 4.63. The molecule has 0 aliphatic rings. The Labute approximate surface area is 98.6 Å². The second-order valence-corrected chi connectivity index (χ2v) is 3.86. The largest absolute Gasteiger partial charge is 0.416 e. The lowest BCUT2D eigenvalue weighted by molar-refractivity contribution is -0.137. The third-order valence-electron chi connectivity index (χ3n) is 2.51. The molecule has 0 spiro atoms. The number of alkyl halides is 3. The number of hydrogen-bond donors (Lipinski definition) is 1. The molecule has 94 valence electrons. The molecule has 1 N–H and O–H groups in total. The number of unbranched alkanes of at least 4 members (excludes halogenated alkanes) is 1. The van der Waals surface area contributed by atoms with Crippen molar-refractivity contribution in [3.8, 4) is 0 Å². The van der Waals surface area contributed by atoms with E-state index >= 15 is 0 Å². The maximum absolute atomic E-state index is 12.3. The van der Waals surface area contributed by atoms with E-state index in [-0.39, 0.29) is 0 Å². The van der Waals surface area contributed by atoms with Gasteiger partial charge in [-0.25, -0.2) is 0 Å². The van der Waals surface area contributed by atoms with Crippen molar-refractivity contribution in [3.05, 3.63) is 48.0 Å². The molecule has 17 heavy (non-hydrogen) atoms. The van der Waals surface area contributed by atoms with Crippen molar-refractivity contribution < 1.29 is 18.3 Å². The van der Waals surface area contributed by atoms with Crippen LogP contribution in [0.1, 0.15) is 36.5 Å². The summed E-state index contributed by atoms with van der Waals surface area (Å²) in [4.78, 5) is 0. The van der Waals surface area contributed by atoms with E-state index in [4.69, 9.17) is 0 Å². The number of aliphatic hydroxyl groups excluding tert-OH is 1. The summed E-state index contributed by atoms with van der Waals surface area (Å²) < 4.78 is 36.9. The summed E-state index contributed by atoms with van der Waals surface area (Å²) in [6.07, 6.45) is -1.20. The van der Waals surface area contributed by atoms with Crippen LogP contribution in [0.4, 0.5) is 13.2 Å². The van der Waals surface area contributed by atoms with E-state index in [1.807, 2.05) is 0 Å². The quantitative estimate of drug-likeness (QED) is 0.610. The van der Waals surface area contributed by atoms with Gasteiger partial charge in [0.05, 0.1) is 11.7 Å². The van der Waals surface area contributed by atoms with Crippen molar-refractivity contribution in [1.29, 1.82) is 0 Å². The van der Waals surface area contributed by atoms with E-state index in [1.165, 1.54) is 12.1 Å². The fourth-order valence-corrected chi connectivity index (χ4v) is 1.52. The van der Waals surface area contributed by atoms with Gasteiger partial charge in [-0.3, -0.25) is 0 Å². The number of halogens is 3. The van der Waals surface area contributed by atoms with Crippen molar-refractivity contribution in [1.82, 2.24) is 0 Å². The van der Waals surface area contributed by atoms with Crippen LogP contribution in [0, 0.1) is 0 Å². The predicted octanol–water partition coefficient (Wildman–Crippen LogP) is 4.10. The van der Waals surface area contributed by atoms with Gasteiger partial charge < -0.3 is 5.11 Å². The first-order valence-electron chi connectivity index (χ1n) is 5.41. The monoisotopic (exact) mass is 244 g/mol. The molecule has 0 saturated carbocycles. The molecule has 1 aromatic carbocycles. The first-order valence-corrected chi connectivity index (χ1v) is 5.41. The Bertz CT molecular complexity index is 354. The van der Waals surface area contributed by atoms with Crippen molar-refractivity contribution in [2.24, 2.45) is 0 Å². The smallest absolute Gasteiger partial charge is 0.388 e. The molecule has 0 amide bonds. The Hall–Kier alpha value is -1.29. The fraction of sp³-hybridized carbons (Fsp3) is 0.385. The number of aliphatic hydroxyl groups is 1. The normalized spacial score (nSPS) is 13.4. The zero-order valence-corrected chi connectivity index (χ0v) is 9.37. The topological polar surface area (TPSA) is 20.2 Å². The Balaban J connectivity index is 2.64. The number of allylic oxidation sites excluding steroid dienone is 1. The maximum Gasteiger partial charge on any atom is 0.416 e. The first-order chi connectivity index (χ1) is 7.95. The van der Waals surface area contributed by atoms with Crippen LogP contribution < -0.4 is 0 Å². The second kappa shape index (κ2) is 5.87. The molecular formula is C13H15F3O. The minimum absolute atomic E-state index is 0.516. The lowest BCUT2D eigenvalue weighted by Crippen LogP contribution is -2.05. The van der Waals surface area contributed by atoms with Gasteiger partial charge in [-0.05, 0) is 37.0 Å². The fourth-order valence-electron chi connectivity index (χ4n) is 1.52. The minimum atomic E-state index is -4.33. The summed E-state index contributed by atoms with van der Waals surface area (Å²) in [5, 5.41) is 9.73. The maximum atomic E-state index is 12.3. The highest BCUT2D eigenvalue weighted by atomic mass is 19.4. The zero-order valence-electron chi connectivity index (χ0n) is 9.37. The molecule has 0 fully saturated rings. The Morgan fingerprint density at radius 1 is 1.24 bits per heavy atom. The van der Waals surface area contributed by atoms with Crippen LogP contribution >= 0.6 is 0 Å². The standard InChI is InChI=1S/C13H15F3O/c1-2-3-4-5-12(17)10-6-8-11(9-7-10)13(14,15)16/h2,6-9,12,17H,1,3-5H2/t12-/m1/s1. The third-order valence-corrected chi connectivity index (χ3v) is 2.51. The SMILES string of the molecule is C=CCCC[C@@H](O)c1ccc(C(F)(F)F)cc1. The number of benzene rings is 1. The molecule has 1 atom stereocenters. The summed E-state index contributed by atoms with van der Waals surface area (Å²) in [6.45, 7) is 3.56. The lowest BCUT2D eigenvalue weighted by Gasteiger charge is -2.12. The molecule has 0 saturated heterocycles. The molecule has 0 aromatic heterocycles. The minimum Gasteiger partial charge on any atom is -0.388 e. The predicted molar refractivity (Wildman–Crippen MR) is 60.5 cm³/mol. The summed E-state index contributed by atoms with van der Waals surface area (Å²) in [7, 11) is 0. The van der Waals surface area contributed by atoms with E-state index in [0.29, 0.717) is 12.0 Å². The Morgan fingerprint density at radius 3 is 2.29 bits per heavy atom. The average molecular weight is 244 g/mol. The van der Waals surface area contributed by atoms with Crippen molar-refractivity contribution in [2.75, 3.05) is 0 Å². The van der Waals surface area contributed by atoms with E-state index in [0.717, 1.165) is 25.0 Å². The third kappa shape index (κ3) is 4.23. The van der Waals surface area contributed by atoms with Gasteiger partial charge in [0, 0.05) is 0 Å². The summed E-state index contributed by atoms with van der Waals surface area (Å²) in [5.74, 6) is 0. The van der Waals surface area contributed by atoms with Gasteiger partial charge in [-0.1, -0.05) is 18.2 Å². The van der Waals surface area contributed by atoms with Gasteiger partial charge in [0.15, 0.2) is 0 Å². The van der Waals surface area contributed by atoms with Gasteiger partial charge in [-0.15, -0.1) is 6.58 Å². The Morgan fingerprint density at radius 2 is 1.82 bits per heavy atom. The highest BCUT2D eigenvalue weighted by Crippen LogP contribution is 2.30. The molecular weight excluding hydrogens is 229 g/mol. The van der Waals surface area contributed by atoms with Crippen LogP contribution in [0.3, 0.4) is 0 Å². The molecule has 0 bridgehead atoms. The highest BCUT2D eigenvalue weighted by molar-refractivity contribution is 5.25. The van der Waals surface area contributed by atoms with Gasteiger partial charge in [0.1, 0.15) is 0 Å². The Kier molecular flexibility index (Phi) is 4.75. The van der Waals surface area contributed by atoms with Gasteiger partial charge in [-0.2, -0.15) is 13.2 Å². The van der Waals surface area contributed by atoms with Crippen molar-refractivity contribution in [2.45, 2.75) is 31.5 Å². The van der Waals surface area contributed by atoms with E-state index in [2.05, 4.69) is 6.58 Å². The molecule has 1 rings (SSSR count). The molecule has 4 heteroatoms. The summed E-state index contributed by atoms with van der Waals surface area (Å²) >= 11 is 0. The number of hydrogen-bond acceptors (Lipinski definition) is 1. The van der Waals surface area contributed by atoms with Crippen LogP contribution in [0.2, 0.25) is 0 Å². The molecule has 0 unspecified atom stereocenters. The second-order valence-electron chi connectivity index (χ2n) is 3.86. The molecule has 1 aromatic rings. The molecule has 0 heterocycles. The molecule has 0 aliphatic carbocycles. The highest BCUT2D eigenvalue weighted by Gasteiger charge is 2.30. The van der Waals surface area contributed by atoms with Crippen LogP contribution in [0.25, 0.3) is 0 Å². The summed E-state index contributed by atoms with van der Waals surface area (Å²) in [5.41, 5.74) is -0.179.